The molecule has 0 aliphatic rings. The molecule has 0 fully saturated rings. The molecule has 0 saturated heterocycles. The zero-order chi connectivity index (χ0) is 12.2. The van der Waals surface area contributed by atoms with Gasteiger partial charge in [0.25, 0.3) is 0 Å². The van der Waals surface area contributed by atoms with E-state index in [1.165, 1.54) is 5.56 Å². The Kier molecular flexibility index (Phi) is 4.30. The van der Waals surface area contributed by atoms with E-state index < -0.39 is 0 Å². The summed E-state index contributed by atoms with van der Waals surface area (Å²) in [5.74, 6) is 0.681. The van der Waals surface area contributed by atoms with Crippen molar-refractivity contribution < 1.29 is 4.74 Å². The van der Waals surface area contributed by atoms with Crippen molar-refractivity contribution in [2.24, 2.45) is 0 Å². The summed E-state index contributed by atoms with van der Waals surface area (Å²) in [5, 5.41) is 3.35. The van der Waals surface area contributed by atoms with Crippen LogP contribution in [0.5, 0.6) is 5.88 Å². The van der Waals surface area contributed by atoms with E-state index in [-0.39, 0.29) is 5.60 Å². The van der Waals surface area contributed by atoms with Crippen molar-refractivity contribution in [3.63, 3.8) is 0 Å². The topological polar surface area (TPSA) is 34.1 Å². The Hall–Kier alpha value is -1.09. The van der Waals surface area contributed by atoms with Crippen LogP contribution in [0.4, 0.5) is 0 Å². The SMILES string of the molecule is CCNC(C)c1ccc(OC(C)(C)C)nc1. The second-order valence-corrected chi connectivity index (χ2v) is 4.92. The minimum atomic E-state index is -0.193. The fraction of sp³-hybridized carbons (Fsp3) is 0.615. The van der Waals surface area contributed by atoms with Crippen molar-refractivity contribution in [3.8, 4) is 5.88 Å². The molecule has 0 aromatic carbocycles. The zero-order valence-corrected chi connectivity index (χ0v) is 10.9. The Balaban J connectivity index is 2.68. The summed E-state index contributed by atoms with van der Waals surface area (Å²) in [5.41, 5.74) is 0.991. The van der Waals surface area contributed by atoms with Crippen LogP contribution in [-0.4, -0.2) is 17.1 Å². The van der Waals surface area contributed by atoms with Gasteiger partial charge in [-0.05, 0) is 39.8 Å². The predicted octanol–water partition coefficient (Wildman–Crippen LogP) is 2.93. The molecule has 3 heteroatoms. The third-order valence-corrected chi connectivity index (χ3v) is 2.18. The average Bonchev–Trinajstić information content (AvgIpc) is 2.16. The molecule has 0 amide bonds. The van der Waals surface area contributed by atoms with Gasteiger partial charge in [-0.2, -0.15) is 0 Å². The van der Waals surface area contributed by atoms with Crippen molar-refractivity contribution in [1.82, 2.24) is 10.3 Å². The summed E-state index contributed by atoms with van der Waals surface area (Å²) < 4.78 is 5.66. The van der Waals surface area contributed by atoms with E-state index in [0.717, 1.165) is 6.54 Å². The van der Waals surface area contributed by atoms with Gasteiger partial charge in [0.1, 0.15) is 5.60 Å². The van der Waals surface area contributed by atoms with E-state index in [1.54, 1.807) is 0 Å². The van der Waals surface area contributed by atoms with Crippen molar-refractivity contribution >= 4 is 0 Å². The van der Waals surface area contributed by atoms with Crippen LogP contribution in [-0.2, 0) is 0 Å². The number of hydrogen-bond acceptors (Lipinski definition) is 3. The van der Waals surface area contributed by atoms with Crippen LogP contribution >= 0.6 is 0 Å². The molecule has 1 heterocycles. The third-order valence-electron chi connectivity index (χ3n) is 2.18. The second-order valence-electron chi connectivity index (χ2n) is 4.92. The lowest BCUT2D eigenvalue weighted by Crippen LogP contribution is -2.23. The summed E-state index contributed by atoms with van der Waals surface area (Å²) in [6.45, 7) is 11.2. The van der Waals surface area contributed by atoms with Crippen LogP contribution in [0.2, 0.25) is 0 Å². The second kappa shape index (κ2) is 5.30. The number of nitrogens with zero attached hydrogens (tertiary/aromatic N) is 1. The summed E-state index contributed by atoms with van der Waals surface area (Å²) >= 11 is 0. The standard InChI is InChI=1S/C13H22N2O/c1-6-14-10(2)11-7-8-12(15-9-11)16-13(3,4)5/h7-10,14H,6H2,1-5H3. The Morgan fingerprint density at radius 2 is 2.06 bits per heavy atom. The van der Waals surface area contributed by atoms with Crippen molar-refractivity contribution in [2.45, 2.75) is 46.3 Å². The van der Waals surface area contributed by atoms with Gasteiger partial charge in [0, 0.05) is 18.3 Å². The van der Waals surface area contributed by atoms with Gasteiger partial charge >= 0.3 is 0 Å². The largest absolute Gasteiger partial charge is 0.472 e. The van der Waals surface area contributed by atoms with E-state index in [2.05, 4.69) is 30.2 Å². The van der Waals surface area contributed by atoms with Gasteiger partial charge in [-0.15, -0.1) is 0 Å². The van der Waals surface area contributed by atoms with Crippen LogP contribution in [0.25, 0.3) is 0 Å². The van der Waals surface area contributed by atoms with Gasteiger partial charge in [-0.25, -0.2) is 4.98 Å². The minimum Gasteiger partial charge on any atom is -0.472 e. The molecule has 1 rings (SSSR count). The van der Waals surface area contributed by atoms with E-state index in [0.29, 0.717) is 11.9 Å². The maximum absolute atomic E-state index is 5.66. The summed E-state index contributed by atoms with van der Waals surface area (Å²) in [4.78, 5) is 4.31. The smallest absolute Gasteiger partial charge is 0.213 e. The maximum Gasteiger partial charge on any atom is 0.213 e. The maximum atomic E-state index is 5.66. The van der Waals surface area contributed by atoms with Gasteiger partial charge in [-0.1, -0.05) is 13.0 Å². The first-order valence-electron chi connectivity index (χ1n) is 5.80. The number of nitrogens with one attached hydrogen (secondary N) is 1. The Morgan fingerprint density at radius 3 is 2.50 bits per heavy atom. The molecule has 0 spiro atoms. The molecular weight excluding hydrogens is 200 g/mol. The molecule has 16 heavy (non-hydrogen) atoms. The molecule has 1 unspecified atom stereocenters. The summed E-state index contributed by atoms with van der Waals surface area (Å²) in [6.07, 6.45) is 1.87. The molecule has 3 nitrogen and oxygen atoms in total. The molecule has 0 radical (unpaired) electrons. The summed E-state index contributed by atoms with van der Waals surface area (Å²) in [7, 11) is 0. The fourth-order valence-electron chi connectivity index (χ4n) is 1.45. The third kappa shape index (κ3) is 4.19. The fourth-order valence-corrected chi connectivity index (χ4v) is 1.45. The quantitative estimate of drug-likeness (QED) is 0.850. The first-order chi connectivity index (χ1) is 7.42. The van der Waals surface area contributed by atoms with Crippen molar-refractivity contribution in [1.29, 1.82) is 0 Å². The van der Waals surface area contributed by atoms with Gasteiger partial charge in [0.05, 0.1) is 0 Å². The number of rotatable bonds is 4. The molecular formula is C13H22N2O. The van der Waals surface area contributed by atoms with E-state index in [1.807, 2.05) is 33.0 Å². The molecule has 0 aliphatic carbocycles. The minimum absolute atomic E-state index is 0.193. The highest BCUT2D eigenvalue weighted by atomic mass is 16.5. The summed E-state index contributed by atoms with van der Waals surface area (Å²) in [6, 6.07) is 4.32. The average molecular weight is 222 g/mol. The van der Waals surface area contributed by atoms with E-state index >= 15 is 0 Å². The lowest BCUT2D eigenvalue weighted by Gasteiger charge is -2.20. The highest BCUT2D eigenvalue weighted by Crippen LogP contribution is 2.18. The molecule has 0 aliphatic heterocycles. The Bertz CT molecular complexity index is 314. The Morgan fingerprint density at radius 1 is 1.38 bits per heavy atom. The van der Waals surface area contributed by atoms with Crippen LogP contribution in [0.1, 0.15) is 46.2 Å². The number of pyridine rings is 1. The molecule has 0 saturated carbocycles. The van der Waals surface area contributed by atoms with Gasteiger partial charge in [0.15, 0.2) is 0 Å². The lowest BCUT2D eigenvalue weighted by atomic mass is 10.1. The Labute approximate surface area is 98.2 Å². The van der Waals surface area contributed by atoms with Crippen LogP contribution < -0.4 is 10.1 Å². The molecule has 1 atom stereocenters. The first kappa shape index (κ1) is 13.0. The van der Waals surface area contributed by atoms with E-state index in [9.17, 15) is 0 Å². The van der Waals surface area contributed by atoms with Crippen LogP contribution in [0.15, 0.2) is 18.3 Å². The van der Waals surface area contributed by atoms with Crippen molar-refractivity contribution in [2.75, 3.05) is 6.54 Å². The predicted molar refractivity (Wildman–Crippen MR) is 66.7 cm³/mol. The van der Waals surface area contributed by atoms with Gasteiger partial charge in [-0.3, -0.25) is 0 Å². The van der Waals surface area contributed by atoms with Crippen LogP contribution in [0.3, 0.4) is 0 Å². The monoisotopic (exact) mass is 222 g/mol. The highest BCUT2D eigenvalue weighted by Gasteiger charge is 2.12. The highest BCUT2D eigenvalue weighted by molar-refractivity contribution is 5.20. The van der Waals surface area contributed by atoms with Crippen molar-refractivity contribution in [3.05, 3.63) is 23.9 Å². The van der Waals surface area contributed by atoms with Crippen LogP contribution in [0, 0.1) is 0 Å². The lowest BCUT2D eigenvalue weighted by molar-refractivity contribution is 0.124. The number of aromatic nitrogens is 1. The molecule has 1 aromatic rings. The molecule has 0 bridgehead atoms. The number of hydrogen-bond donors (Lipinski definition) is 1. The van der Waals surface area contributed by atoms with Gasteiger partial charge in [0.2, 0.25) is 5.88 Å². The van der Waals surface area contributed by atoms with E-state index in [4.69, 9.17) is 4.74 Å². The normalized spacial score (nSPS) is 13.6. The van der Waals surface area contributed by atoms with Gasteiger partial charge < -0.3 is 10.1 Å². The molecule has 90 valence electrons. The first-order valence-corrected chi connectivity index (χ1v) is 5.80. The molecule has 1 N–H and O–H groups in total. The zero-order valence-electron chi connectivity index (χ0n) is 10.9. The molecule has 1 aromatic heterocycles. The number of ether oxygens (including phenoxy) is 1.